The zero-order valence-electron chi connectivity index (χ0n) is 16.8. The van der Waals surface area contributed by atoms with Crippen LogP contribution in [0.2, 0.25) is 0 Å². The molecule has 8 heteroatoms. The van der Waals surface area contributed by atoms with E-state index < -0.39 is 11.6 Å². The molecule has 0 saturated heterocycles. The number of rotatable bonds is 6. The van der Waals surface area contributed by atoms with Gasteiger partial charge in [-0.2, -0.15) is 4.39 Å². The maximum atomic E-state index is 14.2. The third-order valence-electron chi connectivity index (χ3n) is 5.16. The van der Waals surface area contributed by atoms with Crippen LogP contribution in [0.5, 0.6) is 5.75 Å². The second-order valence-electron chi connectivity index (χ2n) is 7.01. The summed E-state index contributed by atoms with van der Waals surface area (Å²) in [5.41, 5.74) is 3.16. The summed E-state index contributed by atoms with van der Waals surface area (Å²) in [6.07, 6.45) is 4.15. The van der Waals surface area contributed by atoms with E-state index in [1.54, 1.807) is 12.4 Å². The van der Waals surface area contributed by atoms with E-state index in [4.69, 9.17) is 9.47 Å². The Balaban J connectivity index is 1.61. The molecule has 3 aromatic rings. The number of hydrogen-bond donors (Lipinski definition) is 0. The van der Waals surface area contributed by atoms with Crippen LogP contribution >= 0.6 is 0 Å². The Morgan fingerprint density at radius 2 is 2.03 bits per heavy atom. The number of anilines is 1. The van der Waals surface area contributed by atoms with Crippen LogP contribution in [0.15, 0.2) is 42.7 Å². The van der Waals surface area contributed by atoms with Crippen molar-refractivity contribution in [2.24, 2.45) is 0 Å². The number of ether oxygens (including phenoxy) is 2. The zero-order valence-corrected chi connectivity index (χ0v) is 16.8. The highest BCUT2D eigenvalue weighted by molar-refractivity contribution is 5.56. The summed E-state index contributed by atoms with van der Waals surface area (Å²) in [4.78, 5) is 15.5. The molecule has 0 radical (unpaired) electrons. The fourth-order valence-corrected chi connectivity index (χ4v) is 3.59. The highest BCUT2D eigenvalue weighted by Gasteiger charge is 2.27. The highest BCUT2D eigenvalue weighted by Crippen LogP contribution is 2.36. The van der Waals surface area contributed by atoms with Gasteiger partial charge in [-0.3, -0.25) is 4.98 Å². The van der Waals surface area contributed by atoms with E-state index in [0.29, 0.717) is 30.2 Å². The first-order valence-electron chi connectivity index (χ1n) is 9.73. The smallest absolute Gasteiger partial charge is 0.200 e. The Labute approximate surface area is 173 Å². The normalized spacial score (nSPS) is 15.7. The summed E-state index contributed by atoms with van der Waals surface area (Å²) in [5, 5.41) is 0. The summed E-state index contributed by atoms with van der Waals surface area (Å²) in [5.74, 6) is -1.48. The van der Waals surface area contributed by atoms with Crippen LogP contribution in [-0.2, 0) is 11.2 Å². The number of nitrogens with zero attached hydrogens (tertiary/aromatic N) is 4. The lowest BCUT2D eigenvalue weighted by Crippen LogP contribution is -2.35. The maximum Gasteiger partial charge on any atom is 0.200 e. The van der Waals surface area contributed by atoms with Gasteiger partial charge >= 0.3 is 0 Å². The van der Waals surface area contributed by atoms with Gasteiger partial charge in [-0.15, -0.1) is 0 Å². The van der Waals surface area contributed by atoms with Gasteiger partial charge in [-0.05, 0) is 19.1 Å². The summed E-state index contributed by atoms with van der Waals surface area (Å²) in [6, 6.07) is 8.22. The number of benzene rings is 1. The molecular formula is C22H22F2N4O2. The van der Waals surface area contributed by atoms with Crippen molar-refractivity contribution in [3.8, 4) is 17.3 Å². The van der Waals surface area contributed by atoms with Crippen LogP contribution in [-0.4, -0.2) is 41.8 Å². The van der Waals surface area contributed by atoms with Gasteiger partial charge in [-0.25, -0.2) is 14.4 Å². The molecule has 3 heterocycles. The van der Waals surface area contributed by atoms with Crippen molar-refractivity contribution in [2.45, 2.75) is 19.4 Å². The maximum absolute atomic E-state index is 14.2. The number of halogens is 2. The first-order valence-corrected chi connectivity index (χ1v) is 9.73. The third-order valence-corrected chi connectivity index (χ3v) is 5.16. The molecule has 156 valence electrons. The van der Waals surface area contributed by atoms with Crippen molar-refractivity contribution in [1.29, 1.82) is 0 Å². The summed E-state index contributed by atoms with van der Waals surface area (Å²) >= 11 is 0. The van der Waals surface area contributed by atoms with Crippen molar-refractivity contribution in [1.82, 2.24) is 15.0 Å². The van der Waals surface area contributed by atoms with Crippen LogP contribution in [0.25, 0.3) is 11.5 Å². The first-order chi connectivity index (χ1) is 14.6. The Kier molecular flexibility index (Phi) is 5.85. The molecule has 0 fully saturated rings. The van der Waals surface area contributed by atoms with Crippen LogP contribution in [0, 0.1) is 11.6 Å². The number of aromatic nitrogens is 3. The molecular weight excluding hydrogens is 390 g/mol. The molecule has 0 saturated carbocycles. The van der Waals surface area contributed by atoms with Crippen molar-refractivity contribution in [3.05, 3.63) is 65.6 Å². The Bertz CT molecular complexity index is 1030. The fourth-order valence-electron chi connectivity index (χ4n) is 3.59. The van der Waals surface area contributed by atoms with Crippen molar-refractivity contribution < 1.29 is 18.3 Å². The second-order valence-corrected chi connectivity index (χ2v) is 7.01. The number of hydrogen-bond acceptors (Lipinski definition) is 6. The van der Waals surface area contributed by atoms with E-state index >= 15 is 0 Å². The molecule has 0 unspecified atom stereocenters. The predicted molar refractivity (Wildman–Crippen MR) is 108 cm³/mol. The van der Waals surface area contributed by atoms with Crippen LogP contribution < -0.4 is 9.64 Å². The minimum absolute atomic E-state index is 0.108. The van der Waals surface area contributed by atoms with E-state index in [-0.39, 0.29) is 25.0 Å². The van der Waals surface area contributed by atoms with E-state index in [2.05, 4.69) is 15.0 Å². The fraction of sp³-hybridized carbons (Fsp3) is 0.318. The summed E-state index contributed by atoms with van der Waals surface area (Å²) in [6.45, 7) is 3.03. The highest BCUT2D eigenvalue weighted by atomic mass is 19.2. The lowest BCUT2D eigenvalue weighted by molar-refractivity contribution is 0.143. The van der Waals surface area contributed by atoms with Gasteiger partial charge in [0, 0.05) is 55.9 Å². The van der Waals surface area contributed by atoms with E-state index in [9.17, 15) is 8.78 Å². The molecule has 1 aromatic carbocycles. The summed E-state index contributed by atoms with van der Waals surface area (Å²) in [7, 11) is 1.52. The molecule has 0 N–H and O–H groups in total. The lowest BCUT2D eigenvalue weighted by Gasteiger charge is -2.36. The minimum atomic E-state index is -0.997. The van der Waals surface area contributed by atoms with E-state index in [0.717, 1.165) is 11.3 Å². The standard InChI is InChI=1S/C22H22F2N4O2/c1-14-16-13-26-22(19-5-3-4-7-25-19)27-18(16)6-8-28(14)15-11-17(23)21(24)20(12-15)30-10-9-29-2/h3-5,7,11-14H,6,8-10H2,1-2H3/t14-/m0/s1. The molecule has 1 aliphatic heterocycles. The Morgan fingerprint density at radius 1 is 1.17 bits per heavy atom. The minimum Gasteiger partial charge on any atom is -0.488 e. The molecule has 1 aliphatic rings. The molecule has 1 atom stereocenters. The van der Waals surface area contributed by atoms with Crippen molar-refractivity contribution in [3.63, 3.8) is 0 Å². The monoisotopic (exact) mass is 412 g/mol. The zero-order chi connectivity index (χ0) is 21.1. The van der Waals surface area contributed by atoms with Gasteiger partial charge in [0.2, 0.25) is 5.82 Å². The van der Waals surface area contributed by atoms with Gasteiger partial charge < -0.3 is 14.4 Å². The topological polar surface area (TPSA) is 60.4 Å². The van der Waals surface area contributed by atoms with Gasteiger partial charge in [0.25, 0.3) is 0 Å². The van der Waals surface area contributed by atoms with E-state index in [1.807, 2.05) is 30.0 Å². The van der Waals surface area contributed by atoms with Crippen LogP contribution in [0.4, 0.5) is 14.5 Å². The SMILES string of the molecule is COCCOc1cc(N2CCc3nc(-c4ccccn4)ncc3[C@@H]2C)cc(F)c1F. The second kappa shape index (κ2) is 8.71. The molecule has 2 aromatic heterocycles. The van der Waals surface area contributed by atoms with Gasteiger partial charge in [0.1, 0.15) is 12.3 Å². The summed E-state index contributed by atoms with van der Waals surface area (Å²) < 4.78 is 38.6. The molecule has 0 aliphatic carbocycles. The average Bonchev–Trinajstić information content (AvgIpc) is 2.77. The third kappa shape index (κ3) is 3.95. The molecule has 0 amide bonds. The number of pyridine rings is 1. The van der Waals surface area contributed by atoms with Gasteiger partial charge in [-0.1, -0.05) is 6.07 Å². The van der Waals surface area contributed by atoms with Crippen LogP contribution in [0.3, 0.4) is 0 Å². The average molecular weight is 412 g/mol. The first kappa shape index (κ1) is 20.2. The Hall–Kier alpha value is -3.13. The molecule has 30 heavy (non-hydrogen) atoms. The number of fused-ring (bicyclic) bond motifs is 1. The predicted octanol–water partition coefficient (Wildman–Crippen LogP) is 3.97. The molecule has 4 rings (SSSR count). The van der Waals surface area contributed by atoms with Gasteiger partial charge in [0.15, 0.2) is 17.4 Å². The Morgan fingerprint density at radius 3 is 2.80 bits per heavy atom. The van der Waals surface area contributed by atoms with Gasteiger partial charge in [0.05, 0.1) is 18.3 Å². The van der Waals surface area contributed by atoms with Crippen molar-refractivity contribution in [2.75, 3.05) is 31.8 Å². The molecule has 6 nitrogen and oxygen atoms in total. The molecule has 0 bridgehead atoms. The largest absolute Gasteiger partial charge is 0.488 e. The quantitative estimate of drug-likeness (QED) is 0.571. The number of methoxy groups -OCH3 is 1. The lowest BCUT2D eigenvalue weighted by atomic mass is 9.98. The van der Waals surface area contributed by atoms with Crippen LogP contribution in [0.1, 0.15) is 24.2 Å². The van der Waals surface area contributed by atoms with Crippen molar-refractivity contribution >= 4 is 5.69 Å². The molecule has 0 spiro atoms. The van der Waals surface area contributed by atoms with E-state index in [1.165, 1.54) is 19.2 Å².